The lowest BCUT2D eigenvalue weighted by Crippen LogP contribution is -2.11. The van der Waals surface area contributed by atoms with Gasteiger partial charge in [0.15, 0.2) is 0 Å². The van der Waals surface area contributed by atoms with Crippen molar-refractivity contribution in [3.63, 3.8) is 0 Å². The molecule has 0 fully saturated rings. The Kier molecular flexibility index (Phi) is 5.88. The van der Waals surface area contributed by atoms with Gasteiger partial charge in [-0.25, -0.2) is 0 Å². The van der Waals surface area contributed by atoms with Crippen molar-refractivity contribution < 1.29 is 4.74 Å². The van der Waals surface area contributed by atoms with E-state index < -0.39 is 0 Å². The first kappa shape index (κ1) is 13.9. The Bertz CT molecular complexity index is 305. The molecule has 0 bridgehead atoms. The van der Waals surface area contributed by atoms with Gasteiger partial charge in [0.25, 0.3) is 0 Å². The summed E-state index contributed by atoms with van der Waals surface area (Å²) in [6.45, 7) is 9.64. The topological polar surface area (TPSA) is 21.3 Å². The molecule has 1 rings (SSSR count). The molecule has 0 aliphatic heterocycles. The third kappa shape index (κ3) is 5.62. The molecule has 0 spiro atoms. The van der Waals surface area contributed by atoms with Gasteiger partial charge in [0.2, 0.25) is 0 Å². The number of rotatable bonds is 7. The van der Waals surface area contributed by atoms with Crippen LogP contribution in [-0.4, -0.2) is 12.6 Å². The molecule has 1 aromatic carbocycles. The van der Waals surface area contributed by atoms with E-state index in [9.17, 15) is 0 Å². The molecule has 0 aliphatic carbocycles. The van der Waals surface area contributed by atoms with Gasteiger partial charge in [-0.3, -0.25) is 0 Å². The molecule has 0 aromatic heterocycles. The van der Waals surface area contributed by atoms with Gasteiger partial charge in [0.05, 0.1) is 6.10 Å². The Balaban J connectivity index is 2.40. The van der Waals surface area contributed by atoms with Crippen LogP contribution in [0.25, 0.3) is 0 Å². The van der Waals surface area contributed by atoms with Gasteiger partial charge < -0.3 is 10.1 Å². The molecule has 1 N–H and O–H groups in total. The van der Waals surface area contributed by atoms with Crippen molar-refractivity contribution in [2.45, 2.75) is 46.6 Å². The Morgan fingerprint density at radius 2 is 1.76 bits per heavy atom. The van der Waals surface area contributed by atoms with Gasteiger partial charge in [-0.2, -0.15) is 0 Å². The van der Waals surface area contributed by atoms with Crippen molar-refractivity contribution in [2.24, 2.45) is 5.92 Å². The lowest BCUT2D eigenvalue weighted by Gasteiger charge is -2.14. The molecule has 2 heteroatoms. The van der Waals surface area contributed by atoms with E-state index in [0.29, 0.717) is 0 Å². The second-order valence-corrected chi connectivity index (χ2v) is 4.97. The van der Waals surface area contributed by atoms with Gasteiger partial charge in [-0.05, 0) is 50.5 Å². The highest BCUT2D eigenvalue weighted by molar-refractivity contribution is 5.46. The van der Waals surface area contributed by atoms with Gasteiger partial charge in [-0.1, -0.05) is 20.3 Å². The minimum Gasteiger partial charge on any atom is -0.491 e. The van der Waals surface area contributed by atoms with Crippen molar-refractivity contribution >= 4 is 5.69 Å². The minimum atomic E-state index is 0.235. The summed E-state index contributed by atoms with van der Waals surface area (Å²) in [6.07, 6.45) is 2.77. The van der Waals surface area contributed by atoms with Gasteiger partial charge in [0.1, 0.15) is 5.75 Å². The molecule has 1 atom stereocenters. The first-order valence-electron chi connectivity index (χ1n) is 6.62. The average molecular weight is 235 g/mol. The van der Waals surface area contributed by atoms with E-state index in [0.717, 1.165) is 18.2 Å². The molecule has 0 heterocycles. The SMILES string of the molecule is CCCC(C)CNc1ccc(OC(C)C)cc1. The summed E-state index contributed by atoms with van der Waals surface area (Å²) in [5.41, 5.74) is 1.17. The van der Waals surface area contributed by atoms with E-state index in [-0.39, 0.29) is 6.10 Å². The fraction of sp³-hybridized carbons (Fsp3) is 0.600. The van der Waals surface area contributed by atoms with E-state index in [2.05, 4.69) is 31.3 Å². The van der Waals surface area contributed by atoms with Crippen LogP contribution in [0.1, 0.15) is 40.5 Å². The molecule has 0 radical (unpaired) electrons. The fourth-order valence-corrected chi connectivity index (χ4v) is 1.81. The molecule has 0 saturated carbocycles. The Hall–Kier alpha value is -1.18. The number of ether oxygens (including phenoxy) is 1. The standard InChI is InChI=1S/C15H25NO/c1-5-6-13(4)11-16-14-7-9-15(10-8-14)17-12(2)3/h7-10,12-13,16H,5-6,11H2,1-4H3. The predicted octanol–water partition coefficient (Wildman–Crippen LogP) is 4.32. The summed E-state index contributed by atoms with van der Waals surface area (Å²) in [6, 6.07) is 8.20. The first-order valence-corrected chi connectivity index (χ1v) is 6.62. The first-order chi connectivity index (χ1) is 8.11. The highest BCUT2D eigenvalue weighted by Gasteiger charge is 2.01. The molecular weight excluding hydrogens is 210 g/mol. The van der Waals surface area contributed by atoms with Crippen LogP contribution >= 0.6 is 0 Å². The van der Waals surface area contributed by atoms with Crippen LogP contribution in [-0.2, 0) is 0 Å². The van der Waals surface area contributed by atoms with E-state index >= 15 is 0 Å². The highest BCUT2D eigenvalue weighted by atomic mass is 16.5. The minimum absolute atomic E-state index is 0.235. The fourth-order valence-electron chi connectivity index (χ4n) is 1.81. The summed E-state index contributed by atoms with van der Waals surface area (Å²) in [4.78, 5) is 0. The zero-order valence-electron chi connectivity index (χ0n) is 11.5. The average Bonchev–Trinajstić information content (AvgIpc) is 2.28. The number of nitrogens with one attached hydrogen (secondary N) is 1. The van der Waals surface area contributed by atoms with Crippen molar-refractivity contribution in [2.75, 3.05) is 11.9 Å². The molecule has 17 heavy (non-hydrogen) atoms. The van der Waals surface area contributed by atoms with E-state index in [4.69, 9.17) is 4.74 Å². The van der Waals surface area contributed by atoms with Crippen LogP contribution in [0, 0.1) is 5.92 Å². The molecule has 0 amide bonds. The van der Waals surface area contributed by atoms with Gasteiger partial charge >= 0.3 is 0 Å². The second-order valence-electron chi connectivity index (χ2n) is 4.97. The number of anilines is 1. The van der Waals surface area contributed by atoms with E-state index in [1.807, 2.05) is 26.0 Å². The molecule has 1 unspecified atom stereocenters. The largest absolute Gasteiger partial charge is 0.491 e. The predicted molar refractivity (Wildman–Crippen MR) is 74.8 cm³/mol. The van der Waals surface area contributed by atoms with E-state index in [1.165, 1.54) is 18.5 Å². The lowest BCUT2D eigenvalue weighted by molar-refractivity contribution is 0.242. The quantitative estimate of drug-likeness (QED) is 0.760. The molecule has 2 nitrogen and oxygen atoms in total. The van der Waals surface area contributed by atoms with Crippen LogP contribution in [0.15, 0.2) is 24.3 Å². The van der Waals surface area contributed by atoms with Crippen molar-refractivity contribution in [3.8, 4) is 5.75 Å². The molecular formula is C15H25NO. The van der Waals surface area contributed by atoms with Crippen LogP contribution < -0.4 is 10.1 Å². The monoisotopic (exact) mass is 235 g/mol. The maximum Gasteiger partial charge on any atom is 0.119 e. The summed E-state index contributed by atoms with van der Waals surface area (Å²) < 4.78 is 5.61. The van der Waals surface area contributed by atoms with Crippen molar-refractivity contribution in [3.05, 3.63) is 24.3 Å². The van der Waals surface area contributed by atoms with Gasteiger partial charge in [-0.15, -0.1) is 0 Å². The number of hydrogen-bond acceptors (Lipinski definition) is 2. The molecule has 0 saturated heterocycles. The van der Waals surface area contributed by atoms with Crippen LogP contribution in [0.5, 0.6) is 5.75 Å². The third-order valence-corrected chi connectivity index (χ3v) is 2.66. The van der Waals surface area contributed by atoms with Crippen LogP contribution in [0.4, 0.5) is 5.69 Å². The molecule has 0 aliphatic rings. The number of benzene rings is 1. The summed E-state index contributed by atoms with van der Waals surface area (Å²) >= 11 is 0. The van der Waals surface area contributed by atoms with E-state index in [1.54, 1.807) is 0 Å². The maximum absolute atomic E-state index is 5.61. The normalized spacial score (nSPS) is 12.5. The third-order valence-electron chi connectivity index (χ3n) is 2.66. The lowest BCUT2D eigenvalue weighted by atomic mass is 10.1. The highest BCUT2D eigenvalue weighted by Crippen LogP contribution is 2.17. The van der Waals surface area contributed by atoms with Crippen molar-refractivity contribution in [1.29, 1.82) is 0 Å². The molecule has 1 aromatic rings. The summed E-state index contributed by atoms with van der Waals surface area (Å²) in [5.74, 6) is 1.67. The number of hydrogen-bond donors (Lipinski definition) is 1. The summed E-state index contributed by atoms with van der Waals surface area (Å²) in [5, 5.41) is 3.45. The van der Waals surface area contributed by atoms with Gasteiger partial charge in [0, 0.05) is 12.2 Å². The van der Waals surface area contributed by atoms with Crippen molar-refractivity contribution in [1.82, 2.24) is 0 Å². The van der Waals surface area contributed by atoms with Crippen LogP contribution in [0.3, 0.4) is 0 Å². The maximum atomic E-state index is 5.61. The summed E-state index contributed by atoms with van der Waals surface area (Å²) in [7, 11) is 0. The second kappa shape index (κ2) is 7.21. The Labute approximate surface area is 105 Å². The Morgan fingerprint density at radius 3 is 2.29 bits per heavy atom. The zero-order valence-corrected chi connectivity index (χ0v) is 11.5. The smallest absolute Gasteiger partial charge is 0.119 e. The molecule has 96 valence electrons. The Morgan fingerprint density at radius 1 is 1.12 bits per heavy atom. The van der Waals surface area contributed by atoms with Crippen LogP contribution in [0.2, 0.25) is 0 Å². The zero-order chi connectivity index (χ0) is 12.7.